The number of hydrogen-bond donors (Lipinski definition) is 0. The molecule has 0 saturated heterocycles. The first kappa shape index (κ1) is 68.9. The molecule has 0 aliphatic heterocycles. The minimum atomic E-state index is -0.768. The maximum Gasteiger partial charge on any atom is 0.306 e. The van der Waals surface area contributed by atoms with Crippen LogP contribution in [0.2, 0.25) is 0 Å². The van der Waals surface area contributed by atoms with E-state index in [1.165, 1.54) is 250 Å². The van der Waals surface area contributed by atoms with E-state index < -0.39 is 6.10 Å². The molecular formula is C65H122O6. The van der Waals surface area contributed by atoms with E-state index in [4.69, 9.17) is 14.2 Å². The molecule has 0 aliphatic carbocycles. The second kappa shape index (κ2) is 60.4. The normalized spacial score (nSPS) is 12.1. The SMILES string of the molecule is CCCCCCC/C=C\C/C=C\CCCCCCCCCCCC(=O)OCC(COC(=O)CCCCCCCCCCCCC)OC(=O)CCCCCCCCCCCCCCCCCCCCCCC. The number of carbonyl (C=O) groups excluding carboxylic acids is 3. The summed E-state index contributed by atoms with van der Waals surface area (Å²) in [7, 11) is 0. The Balaban J connectivity index is 4.24. The van der Waals surface area contributed by atoms with Gasteiger partial charge < -0.3 is 14.2 Å². The molecule has 0 aromatic carbocycles. The Kier molecular flexibility index (Phi) is 58.6. The van der Waals surface area contributed by atoms with Crippen LogP contribution >= 0.6 is 0 Å². The van der Waals surface area contributed by atoms with Gasteiger partial charge in [-0.05, 0) is 51.4 Å². The van der Waals surface area contributed by atoms with Gasteiger partial charge in [-0.25, -0.2) is 0 Å². The minimum absolute atomic E-state index is 0.0666. The zero-order valence-corrected chi connectivity index (χ0v) is 48.0. The summed E-state index contributed by atoms with van der Waals surface area (Å²) in [5.41, 5.74) is 0. The lowest BCUT2D eigenvalue weighted by Gasteiger charge is -2.18. The molecule has 0 radical (unpaired) electrons. The number of ether oxygens (including phenoxy) is 3. The number of allylic oxidation sites excluding steroid dienone is 4. The smallest absolute Gasteiger partial charge is 0.306 e. The summed E-state index contributed by atoms with van der Waals surface area (Å²) in [6.07, 6.45) is 71.8. The Morgan fingerprint density at radius 3 is 0.775 bits per heavy atom. The maximum atomic E-state index is 12.9. The van der Waals surface area contributed by atoms with E-state index in [2.05, 4.69) is 45.1 Å². The number of esters is 3. The molecule has 0 aliphatic rings. The summed E-state index contributed by atoms with van der Waals surface area (Å²) < 4.78 is 16.9. The predicted octanol–water partition coefficient (Wildman–Crippen LogP) is 21.4. The summed E-state index contributed by atoms with van der Waals surface area (Å²) in [4.78, 5) is 38.2. The maximum absolute atomic E-state index is 12.9. The average Bonchev–Trinajstić information content (AvgIpc) is 3.37. The van der Waals surface area contributed by atoms with Crippen molar-refractivity contribution in [2.24, 2.45) is 0 Å². The molecule has 0 N–H and O–H groups in total. The van der Waals surface area contributed by atoms with Gasteiger partial charge in [0.2, 0.25) is 0 Å². The first-order valence-electron chi connectivity index (χ1n) is 31.8. The lowest BCUT2D eigenvalue weighted by molar-refractivity contribution is -0.167. The average molecular weight is 1000 g/mol. The van der Waals surface area contributed by atoms with Crippen LogP contribution in [0, 0.1) is 0 Å². The van der Waals surface area contributed by atoms with Crippen molar-refractivity contribution in [3.05, 3.63) is 24.3 Å². The Morgan fingerprint density at radius 1 is 0.282 bits per heavy atom. The second-order valence-electron chi connectivity index (χ2n) is 21.7. The van der Waals surface area contributed by atoms with Gasteiger partial charge in [-0.2, -0.15) is 0 Å². The van der Waals surface area contributed by atoms with Crippen LogP contribution in [0.25, 0.3) is 0 Å². The summed E-state index contributed by atoms with van der Waals surface area (Å²) in [5.74, 6) is -0.845. The molecule has 0 fully saturated rings. The van der Waals surface area contributed by atoms with Crippen LogP contribution in [0.15, 0.2) is 24.3 Å². The van der Waals surface area contributed by atoms with Crippen LogP contribution in [-0.4, -0.2) is 37.2 Å². The van der Waals surface area contributed by atoms with E-state index in [0.29, 0.717) is 19.3 Å². The molecular weight excluding hydrogens is 877 g/mol. The Hall–Kier alpha value is -2.11. The highest BCUT2D eigenvalue weighted by Gasteiger charge is 2.19. The fourth-order valence-corrected chi connectivity index (χ4v) is 9.65. The molecule has 6 heteroatoms. The third-order valence-corrected chi connectivity index (χ3v) is 14.5. The molecule has 0 amide bonds. The molecule has 0 aromatic rings. The first-order valence-corrected chi connectivity index (χ1v) is 31.8. The van der Waals surface area contributed by atoms with Crippen LogP contribution in [0.3, 0.4) is 0 Å². The molecule has 1 unspecified atom stereocenters. The summed E-state index contributed by atoms with van der Waals surface area (Å²) >= 11 is 0. The van der Waals surface area contributed by atoms with Crippen LogP contribution in [0.5, 0.6) is 0 Å². The summed E-state index contributed by atoms with van der Waals surface area (Å²) in [6.45, 7) is 6.68. The molecule has 0 aromatic heterocycles. The van der Waals surface area contributed by atoms with Crippen molar-refractivity contribution in [3.63, 3.8) is 0 Å². The Labute approximate surface area is 443 Å². The molecule has 1 atom stereocenters. The van der Waals surface area contributed by atoms with Gasteiger partial charge in [0, 0.05) is 19.3 Å². The number of unbranched alkanes of at least 4 members (excludes halogenated alkanes) is 44. The first-order chi connectivity index (χ1) is 35.0. The molecule has 0 saturated carbocycles. The van der Waals surface area contributed by atoms with Gasteiger partial charge in [0.25, 0.3) is 0 Å². The van der Waals surface area contributed by atoms with Crippen molar-refractivity contribution >= 4 is 17.9 Å². The molecule has 418 valence electrons. The van der Waals surface area contributed by atoms with Crippen molar-refractivity contribution in [1.82, 2.24) is 0 Å². The molecule has 0 heterocycles. The van der Waals surface area contributed by atoms with Crippen molar-refractivity contribution in [1.29, 1.82) is 0 Å². The molecule has 71 heavy (non-hydrogen) atoms. The van der Waals surface area contributed by atoms with Crippen LogP contribution in [0.1, 0.15) is 355 Å². The van der Waals surface area contributed by atoms with Crippen LogP contribution in [-0.2, 0) is 28.6 Å². The predicted molar refractivity (Wildman–Crippen MR) is 307 cm³/mol. The summed E-state index contributed by atoms with van der Waals surface area (Å²) in [6, 6.07) is 0. The van der Waals surface area contributed by atoms with E-state index in [1.54, 1.807) is 0 Å². The highest BCUT2D eigenvalue weighted by Crippen LogP contribution is 2.18. The Bertz CT molecular complexity index is 1150. The number of rotatable bonds is 59. The fourth-order valence-electron chi connectivity index (χ4n) is 9.65. The van der Waals surface area contributed by atoms with E-state index in [1.807, 2.05) is 0 Å². The zero-order valence-electron chi connectivity index (χ0n) is 48.0. The van der Waals surface area contributed by atoms with Gasteiger partial charge in [0.15, 0.2) is 6.10 Å². The fraction of sp³-hybridized carbons (Fsp3) is 0.892. The van der Waals surface area contributed by atoms with E-state index in [-0.39, 0.29) is 31.1 Å². The van der Waals surface area contributed by atoms with E-state index in [9.17, 15) is 14.4 Å². The van der Waals surface area contributed by atoms with Gasteiger partial charge in [-0.3, -0.25) is 14.4 Å². The van der Waals surface area contributed by atoms with Crippen molar-refractivity contribution < 1.29 is 28.6 Å². The zero-order chi connectivity index (χ0) is 51.4. The highest BCUT2D eigenvalue weighted by molar-refractivity contribution is 5.71. The second-order valence-corrected chi connectivity index (χ2v) is 21.7. The van der Waals surface area contributed by atoms with Crippen molar-refractivity contribution in [3.8, 4) is 0 Å². The standard InChI is InChI=1S/C65H122O6/c1-4-7-10-13-16-19-22-24-26-28-30-32-34-36-38-40-43-46-49-52-55-58-64(67)70-61-62(60-69-63(66)57-54-51-48-45-42-21-18-15-12-9-6-3)71-65(68)59-56-53-50-47-44-41-39-37-35-33-31-29-27-25-23-20-17-14-11-8-5-2/h22,24,28,30,62H,4-21,23,25-27,29,31-61H2,1-3H3/b24-22-,30-28-. The van der Waals surface area contributed by atoms with Gasteiger partial charge in [-0.15, -0.1) is 0 Å². The summed E-state index contributed by atoms with van der Waals surface area (Å²) in [5, 5.41) is 0. The Morgan fingerprint density at radius 2 is 0.507 bits per heavy atom. The topological polar surface area (TPSA) is 78.9 Å². The van der Waals surface area contributed by atoms with E-state index in [0.717, 1.165) is 64.2 Å². The van der Waals surface area contributed by atoms with Gasteiger partial charge in [0.1, 0.15) is 13.2 Å². The lowest BCUT2D eigenvalue weighted by Crippen LogP contribution is -2.30. The highest BCUT2D eigenvalue weighted by atomic mass is 16.6. The number of carbonyl (C=O) groups is 3. The van der Waals surface area contributed by atoms with Gasteiger partial charge in [0.05, 0.1) is 0 Å². The minimum Gasteiger partial charge on any atom is -0.462 e. The van der Waals surface area contributed by atoms with Gasteiger partial charge in [-0.1, -0.05) is 308 Å². The lowest BCUT2D eigenvalue weighted by atomic mass is 10.0. The van der Waals surface area contributed by atoms with Crippen LogP contribution in [0.4, 0.5) is 0 Å². The van der Waals surface area contributed by atoms with Gasteiger partial charge >= 0.3 is 17.9 Å². The van der Waals surface area contributed by atoms with E-state index >= 15 is 0 Å². The molecule has 0 spiro atoms. The molecule has 0 bridgehead atoms. The molecule has 0 rings (SSSR count). The largest absolute Gasteiger partial charge is 0.462 e. The number of hydrogen-bond acceptors (Lipinski definition) is 6. The van der Waals surface area contributed by atoms with Crippen molar-refractivity contribution in [2.75, 3.05) is 13.2 Å². The van der Waals surface area contributed by atoms with Crippen LogP contribution < -0.4 is 0 Å². The third-order valence-electron chi connectivity index (χ3n) is 14.5. The molecule has 6 nitrogen and oxygen atoms in total. The quantitative estimate of drug-likeness (QED) is 0.0261. The van der Waals surface area contributed by atoms with Crippen molar-refractivity contribution in [2.45, 2.75) is 361 Å². The monoisotopic (exact) mass is 999 g/mol. The third kappa shape index (κ3) is 58.7.